The van der Waals surface area contributed by atoms with Crippen LogP contribution in [0.15, 0.2) is 42.5 Å². The zero-order valence-electron chi connectivity index (χ0n) is 11.3. The van der Waals surface area contributed by atoms with Crippen molar-refractivity contribution in [1.82, 2.24) is 5.32 Å². The molecule has 0 radical (unpaired) electrons. The molecular weight excluding hydrogens is 260 g/mol. The minimum Gasteiger partial charge on any atom is -0.457 e. The lowest BCUT2D eigenvalue weighted by molar-refractivity contribution is 0.465. The monoisotopic (exact) mass is 277 g/mol. The molecule has 0 saturated carbocycles. The topological polar surface area (TPSA) is 21.3 Å². The molecule has 0 spiro atoms. The summed E-state index contributed by atoms with van der Waals surface area (Å²) in [4.78, 5) is 0. The van der Waals surface area contributed by atoms with Crippen LogP contribution in [0.1, 0.15) is 18.9 Å². The summed E-state index contributed by atoms with van der Waals surface area (Å²) in [5.41, 5.74) is 0.711. The van der Waals surface area contributed by atoms with Crippen molar-refractivity contribution in [3.8, 4) is 11.5 Å². The largest absolute Gasteiger partial charge is 0.457 e. The third-order valence-electron chi connectivity index (χ3n) is 2.79. The van der Waals surface area contributed by atoms with Crippen LogP contribution in [0.2, 0.25) is 0 Å². The van der Waals surface area contributed by atoms with Gasteiger partial charge in [0.15, 0.2) is 0 Å². The molecule has 4 heteroatoms. The predicted octanol–water partition coefficient (Wildman–Crippen LogP) is 4.26. The average molecular weight is 277 g/mol. The first-order valence-electron chi connectivity index (χ1n) is 6.61. The number of ether oxygens (including phenoxy) is 1. The van der Waals surface area contributed by atoms with E-state index in [0.29, 0.717) is 23.6 Å². The van der Waals surface area contributed by atoms with E-state index in [9.17, 15) is 8.78 Å². The Balaban J connectivity index is 2.17. The van der Waals surface area contributed by atoms with Crippen LogP contribution in [0.25, 0.3) is 0 Å². The van der Waals surface area contributed by atoms with Crippen molar-refractivity contribution in [3.63, 3.8) is 0 Å². The van der Waals surface area contributed by atoms with E-state index in [2.05, 4.69) is 12.2 Å². The standard InChI is InChI=1S/C16H17F2NO/c1-2-8-19-11-12-9-14(18)6-7-16(12)20-15-5-3-4-13(17)10-15/h3-7,9-10,19H,2,8,11H2,1H3. The molecule has 2 rings (SSSR count). The molecule has 1 N–H and O–H groups in total. The van der Waals surface area contributed by atoms with Crippen LogP contribution in [0.5, 0.6) is 11.5 Å². The van der Waals surface area contributed by atoms with Gasteiger partial charge in [-0.25, -0.2) is 8.78 Å². The van der Waals surface area contributed by atoms with Gasteiger partial charge >= 0.3 is 0 Å². The molecule has 0 bridgehead atoms. The van der Waals surface area contributed by atoms with Gasteiger partial charge in [0.2, 0.25) is 0 Å². The Morgan fingerprint density at radius 3 is 2.60 bits per heavy atom. The Kier molecular flexibility index (Phi) is 5.07. The van der Waals surface area contributed by atoms with Gasteiger partial charge in [-0.05, 0) is 43.3 Å². The highest BCUT2D eigenvalue weighted by molar-refractivity contribution is 5.38. The van der Waals surface area contributed by atoms with E-state index in [0.717, 1.165) is 13.0 Å². The maximum atomic E-state index is 13.3. The highest BCUT2D eigenvalue weighted by Crippen LogP contribution is 2.26. The highest BCUT2D eigenvalue weighted by atomic mass is 19.1. The summed E-state index contributed by atoms with van der Waals surface area (Å²) >= 11 is 0. The predicted molar refractivity (Wildman–Crippen MR) is 74.9 cm³/mol. The molecule has 0 amide bonds. The fourth-order valence-electron chi connectivity index (χ4n) is 1.84. The van der Waals surface area contributed by atoms with Crippen LogP contribution in [-0.2, 0) is 6.54 Å². The second-order valence-corrected chi connectivity index (χ2v) is 4.49. The van der Waals surface area contributed by atoms with Gasteiger partial charge in [-0.15, -0.1) is 0 Å². The molecule has 0 atom stereocenters. The minimum absolute atomic E-state index is 0.315. The number of hydrogen-bond donors (Lipinski definition) is 1. The molecule has 2 aromatic carbocycles. The number of nitrogens with one attached hydrogen (secondary N) is 1. The van der Waals surface area contributed by atoms with Gasteiger partial charge in [-0.2, -0.15) is 0 Å². The van der Waals surface area contributed by atoms with Crippen molar-refractivity contribution >= 4 is 0 Å². The van der Waals surface area contributed by atoms with E-state index in [4.69, 9.17) is 4.74 Å². The molecule has 0 aliphatic carbocycles. The zero-order valence-corrected chi connectivity index (χ0v) is 11.3. The first-order chi connectivity index (χ1) is 9.69. The van der Waals surface area contributed by atoms with Gasteiger partial charge in [-0.1, -0.05) is 13.0 Å². The number of hydrogen-bond acceptors (Lipinski definition) is 2. The van der Waals surface area contributed by atoms with Crippen molar-refractivity contribution in [3.05, 3.63) is 59.7 Å². The minimum atomic E-state index is -0.365. The molecule has 0 heterocycles. The van der Waals surface area contributed by atoms with Gasteiger partial charge in [0.25, 0.3) is 0 Å². The van der Waals surface area contributed by atoms with Crippen molar-refractivity contribution < 1.29 is 13.5 Å². The van der Waals surface area contributed by atoms with E-state index in [1.54, 1.807) is 18.2 Å². The van der Waals surface area contributed by atoms with E-state index >= 15 is 0 Å². The summed E-state index contributed by atoms with van der Waals surface area (Å²) in [6.07, 6.45) is 0.995. The molecule has 2 nitrogen and oxygen atoms in total. The van der Waals surface area contributed by atoms with Gasteiger partial charge in [0.1, 0.15) is 23.1 Å². The van der Waals surface area contributed by atoms with E-state index in [1.807, 2.05) is 0 Å². The Hall–Kier alpha value is -1.94. The quantitative estimate of drug-likeness (QED) is 0.797. The zero-order chi connectivity index (χ0) is 14.4. The summed E-state index contributed by atoms with van der Waals surface area (Å²) in [6.45, 7) is 3.41. The molecule has 106 valence electrons. The van der Waals surface area contributed by atoms with Gasteiger partial charge in [-0.3, -0.25) is 0 Å². The smallest absolute Gasteiger partial charge is 0.132 e. The van der Waals surface area contributed by atoms with Crippen LogP contribution in [0.3, 0.4) is 0 Å². The van der Waals surface area contributed by atoms with Crippen LogP contribution in [-0.4, -0.2) is 6.54 Å². The number of rotatable bonds is 6. The number of halogens is 2. The van der Waals surface area contributed by atoms with E-state index in [-0.39, 0.29) is 11.6 Å². The lowest BCUT2D eigenvalue weighted by Crippen LogP contribution is -2.14. The van der Waals surface area contributed by atoms with Crippen molar-refractivity contribution in [2.45, 2.75) is 19.9 Å². The maximum Gasteiger partial charge on any atom is 0.132 e. The first-order valence-corrected chi connectivity index (χ1v) is 6.61. The molecule has 0 unspecified atom stereocenters. The normalized spacial score (nSPS) is 10.6. The Morgan fingerprint density at radius 2 is 1.85 bits per heavy atom. The second-order valence-electron chi connectivity index (χ2n) is 4.49. The number of benzene rings is 2. The second kappa shape index (κ2) is 7.01. The third kappa shape index (κ3) is 4.03. The van der Waals surface area contributed by atoms with Crippen LogP contribution >= 0.6 is 0 Å². The van der Waals surface area contributed by atoms with E-state index < -0.39 is 0 Å². The SMILES string of the molecule is CCCNCc1cc(F)ccc1Oc1cccc(F)c1. The Labute approximate surface area is 117 Å². The Bertz CT molecular complexity index is 572. The third-order valence-corrected chi connectivity index (χ3v) is 2.79. The van der Waals surface area contributed by atoms with Crippen LogP contribution in [0.4, 0.5) is 8.78 Å². The van der Waals surface area contributed by atoms with Crippen LogP contribution < -0.4 is 10.1 Å². The molecular formula is C16H17F2NO. The van der Waals surface area contributed by atoms with Crippen LogP contribution in [0, 0.1) is 11.6 Å². The molecule has 0 aliphatic rings. The molecule has 0 fully saturated rings. The molecule has 20 heavy (non-hydrogen) atoms. The summed E-state index contributed by atoms with van der Waals surface area (Å²) in [5.74, 6) is 0.245. The van der Waals surface area contributed by atoms with Gasteiger partial charge < -0.3 is 10.1 Å². The lowest BCUT2D eigenvalue weighted by atomic mass is 10.2. The molecule has 0 saturated heterocycles. The summed E-state index contributed by atoms with van der Waals surface area (Å²) < 4.78 is 32.1. The van der Waals surface area contributed by atoms with Crippen molar-refractivity contribution in [2.24, 2.45) is 0 Å². The summed E-state index contributed by atoms with van der Waals surface area (Å²) in [7, 11) is 0. The van der Waals surface area contributed by atoms with Gasteiger partial charge in [0, 0.05) is 18.2 Å². The summed E-state index contributed by atoms with van der Waals surface area (Å²) in [5, 5.41) is 3.20. The fraction of sp³-hybridized carbons (Fsp3) is 0.250. The summed E-state index contributed by atoms with van der Waals surface area (Å²) in [6, 6.07) is 10.2. The fourth-order valence-corrected chi connectivity index (χ4v) is 1.84. The average Bonchev–Trinajstić information content (AvgIpc) is 2.42. The van der Waals surface area contributed by atoms with Crippen molar-refractivity contribution in [1.29, 1.82) is 0 Å². The highest BCUT2D eigenvalue weighted by Gasteiger charge is 2.07. The van der Waals surface area contributed by atoms with Crippen molar-refractivity contribution in [2.75, 3.05) is 6.54 Å². The van der Waals surface area contributed by atoms with E-state index in [1.165, 1.54) is 24.3 Å². The molecule has 0 aromatic heterocycles. The molecule has 0 aliphatic heterocycles. The lowest BCUT2D eigenvalue weighted by Gasteiger charge is -2.12. The maximum absolute atomic E-state index is 13.3. The van der Waals surface area contributed by atoms with Gasteiger partial charge in [0.05, 0.1) is 0 Å². The first kappa shape index (κ1) is 14.5. The molecule has 2 aromatic rings. The Morgan fingerprint density at radius 1 is 1.05 bits per heavy atom.